The Bertz CT molecular complexity index is 488. The molecule has 2 aliphatic heterocycles. The van der Waals surface area contributed by atoms with Gasteiger partial charge >= 0.3 is 0 Å². The number of hydrogen-bond acceptors (Lipinski definition) is 4. The molecule has 116 valence electrons. The molecule has 1 aromatic rings. The predicted octanol–water partition coefficient (Wildman–Crippen LogP) is 4.02. The molecule has 3 nitrogen and oxygen atoms in total. The molecule has 0 N–H and O–H groups in total. The van der Waals surface area contributed by atoms with Crippen LogP contribution in [0.3, 0.4) is 0 Å². The van der Waals surface area contributed by atoms with Crippen LogP contribution in [0.4, 0.5) is 0 Å². The molecule has 2 saturated heterocycles. The maximum Gasteiger partial charge on any atom is 0.161 e. The lowest BCUT2D eigenvalue weighted by Gasteiger charge is -2.37. The SMILES string of the molecule is COc1cc(CBr)ccc1OC1CCOC2(CCSC2)C1. The maximum absolute atomic E-state index is 6.23. The van der Waals surface area contributed by atoms with Gasteiger partial charge in [-0.15, -0.1) is 0 Å². The van der Waals surface area contributed by atoms with Crippen LogP contribution in [-0.4, -0.2) is 36.9 Å². The summed E-state index contributed by atoms with van der Waals surface area (Å²) in [6.45, 7) is 0.799. The van der Waals surface area contributed by atoms with Crippen molar-refractivity contribution in [2.75, 3.05) is 25.2 Å². The van der Waals surface area contributed by atoms with Crippen LogP contribution in [0.5, 0.6) is 11.5 Å². The van der Waals surface area contributed by atoms with E-state index in [0.29, 0.717) is 0 Å². The third kappa shape index (κ3) is 3.51. The zero-order valence-corrected chi connectivity index (χ0v) is 14.7. The fraction of sp³-hybridized carbons (Fsp3) is 0.625. The summed E-state index contributed by atoms with van der Waals surface area (Å²) in [4.78, 5) is 0. The monoisotopic (exact) mass is 372 g/mol. The fourth-order valence-electron chi connectivity index (χ4n) is 3.02. The second-order valence-electron chi connectivity index (χ2n) is 5.69. The van der Waals surface area contributed by atoms with Crippen molar-refractivity contribution in [3.63, 3.8) is 0 Å². The third-order valence-electron chi connectivity index (χ3n) is 4.19. The van der Waals surface area contributed by atoms with Crippen molar-refractivity contribution in [3.8, 4) is 11.5 Å². The Kier molecular flexibility index (Phi) is 5.02. The van der Waals surface area contributed by atoms with E-state index in [0.717, 1.165) is 48.5 Å². The van der Waals surface area contributed by atoms with Gasteiger partial charge < -0.3 is 14.2 Å². The van der Waals surface area contributed by atoms with Gasteiger partial charge in [-0.25, -0.2) is 0 Å². The van der Waals surface area contributed by atoms with Crippen molar-refractivity contribution in [1.82, 2.24) is 0 Å². The summed E-state index contributed by atoms with van der Waals surface area (Å²) in [6, 6.07) is 6.12. The van der Waals surface area contributed by atoms with Gasteiger partial charge in [-0.3, -0.25) is 0 Å². The normalized spacial score (nSPS) is 28.8. The molecule has 0 amide bonds. The first kappa shape index (κ1) is 15.5. The van der Waals surface area contributed by atoms with E-state index < -0.39 is 0 Å². The molecule has 1 spiro atoms. The lowest BCUT2D eigenvalue weighted by Crippen LogP contribution is -2.43. The highest BCUT2D eigenvalue weighted by atomic mass is 79.9. The van der Waals surface area contributed by atoms with Gasteiger partial charge in [-0.05, 0) is 29.9 Å². The minimum atomic E-state index is 0.0522. The van der Waals surface area contributed by atoms with Gasteiger partial charge in [-0.2, -0.15) is 11.8 Å². The lowest BCUT2D eigenvalue weighted by atomic mass is 9.91. The van der Waals surface area contributed by atoms with E-state index >= 15 is 0 Å². The smallest absolute Gasteiger partial charge is 0.161 e. The fourth-order valence-corrected chi connectivity index (χ4v) is 4.75. The molecule has 0 bridgehead atoms. The second-order valence-corrected chi connectivity index (χ2v) is 7.35. The van der Waals surface area contributed by atoms with Gasteiger partial charge in [-0.1, -0.05) is 22.0 Å². The quantitative estimate of drug-likeness (QED) is 0.745. The van der Waals surface area contributed by atoms with Crippen molar-refractivity contribution < 1.29 is 14.2 Å². The van der Waals surface area contributed by atoms with E-state index in [4.69, 9.17) is 14.2 Å². The van der Waals surface area contributed by atoms with Gasteiger partial charge in [0.05, 0.1) is 19.3 Å². The molecule has 0 radical (unpaired) electrons. The summed E-state index contributed by atoms with van der Waals surface area (Å²) >= 11 is 5.46. The Hall–Kier alpha value is -0.390. The number of hydrogen-bond donors (Lipinski definition) is 0. The molecule has 0 aromatic heterocycles. The van der Waals surface area contributed by atoms with Gasteiger partial charge in [0.1, 0.15) is 6.10 Å². The summed E-state index contributed by atoms with van der Waals surface area (Å²) in [5.74, 6) is 3.96. The molecular weight excluding hydrogens is 352 g/mol. The highest BCUT2D eigenvalue weighted by molar-refractivity contribution is 9.08. The largest absolute Gasteiger partial charge is 0.493 e. The van der Waals surface area contributed by atoms with E-state index in [1.807, 2.05) is 23.9 Å². The van der Waals surface area contributed by atoms with E-state index in [-0.39, 0.29) is 11.7 Å². The molecule has 21 heavy (non-hydrogen) atoms. The second kappa shape index (κ2) is 6.80. The average molecular weight is 373 g/mol. The number of ether oxygens (including phenoxy) is 3. The van der Waals surface area contributed by atoms with Crippen molar-refractivity contribution >= 4 is 27.7 Å². The van der Waals surface area contributed by atoms with Crippen molar-refractivity contribution in [3.05, 3.63) is 23.8 Å². The summed E-state index contributed by atoms with van der Waals surface area (Å²) in [7, 11) is 1.69. The lowest BCUT2D eigenvalue weighted by molar-refractivity contribution is -0.0961. The van der Waals surface area contributed by atoms with E-state index in [1.165, 1.54) is 11.3 Å². The van der Waals surface area contributed by atoms with Crippen LogP contribution >= 0.6 is 27.7 Å². The van der Waals surface area contributed by atoms with Crippen molar-refractivity contribution in [2.45, 2.75) is 36.3 Å². The van der Waals surface area contributed by atoms with Crippen molar-refractivity contribution in [1.29, 1.82) is 0 Å². The highest BCUT2D eigenvalue weighted by Gasteiger charge is 2.41. The highest BCUT2D eigenvalue weighted by Crippen LogP contribution is 2.40. The Morgan fingerprint density at radius 2 is 2.33 bits per heavy atom. The molecule has 0 aliphatic carbocycles. The van der Waals surface area contributed by atoms with Crippen LogP contribution in [0.15, 0.2) is 18.2 Å². The Morgan fingerprint density at radius 1 is 1.43 bits per heavy atom. The zero-order valence-electron chi connectivity index (χ0n) is 12.3. The minimum Gasteiger partial charge on any atom is -0.493 e. The first-order valence-electron chi connectivity index (χ1n) is 7.36. The number of halogens is 1. The van der Waals surface area contributed by atoms with Crippen LogP contribution in [-0.2, 0) is 10.1 Å². The topological polar surface area (TPSA) is 27.7 Å². The number of benzene rings is 1. The first-order chi connectivity index (χ1) is 10.2. The molecule has 1 aromatic carbocycles. The Labute approximate surface area is 138 Å². The molecule has 2 fully saturated rings. The van der Waals surface area contributed by atoms with Crippen LogP contribution < -0.4 is 9.47 Å². The maximum atomic E-state index is 6.23. The summed E-state index contributed by atoms with van der Waals surface area (Å²) in [6.07, 6.45) is 3.32. The molecule has 5 heteroatoms. The van der Waals surface area contributed by atoms with Gasteiger partial charge in [0, 0.05) is 23.9 Å². The molecule has 2 aliphatic rings. The Balaban J connectivity index is 1.71. The van der Waals surface area contributed by atoms with Crippen LogP contribution in [0.1, 0.15) is 24.8 Å². The average Bonchev–Trinajstić information content (AvgIpc) is 2.95. The number of rotatable bonds is 4. The molecule has 2 atom stereocenters. The molecule has 0 saturated carbocycles. The predicted molar refractivity (Wildman–Crippen MR) is 89.9 cm³/mol. The Morgan fingerprint density at radius 3 is 3.05 bits per heavy atom. The van der Waals surface area contributed by atoms with Gasteiger partial charge in [0.2, 0.25) is 0 Å². The van der Waals surface area contributed by atoms with Gasteiger partial charge in [0.15, 0.2) is 11.5 Å². The van der Waals surface area contributed by atoms with Crippen LogP contribution in [0.25, 0.3) is 0 Å². The van der Waals surface area contributed by atoms with E-state index in [9.17, 15) is 0 Å². The summed E-state index contributed by atoms with van der Waals surface area (Å²) in [5, 5.41) is 0.821. The summed E-state index contributed by atoms with van der Waals surface area (Å²) in [5.41, 5.74) is 1.24. The van der Waals surface area contributed by atoms with Gasteiger partial charge in [0.25, 0.3) is 0 Å². The third-order valence-corrected chi connectivity index (χ3v) is 6.06. The molecular formula is C16H21BrO3S. The number of thioether (sulfide) groups is 1. The minimum absolute atomic E-state index is 0.0522. The van der Waals surface area contributed by atoms with E-state index in [2.05, 4.69) is 22.0 Å². The molecule has 3 rings (SSSR count). The van der Waals surface area contributed by atoms with Crippen molar-refractivity contribution in [2.24, 2.45) is 0 Å². The molecule has 2 heterocycles. The standard InChI is InChI=1S/C16H21BrO3S/c1-18-15-8-12(10-17)2-3-14(15)20-13-4-6-19-16(9-13)5-7-21-11-16/h2-3,8,13H,4-7,9-11H2,1H3. The summed E-state index contributed by atoms with van der Waals surface area (Å²) < 4.78 is 17.7. The number of methoxy groups -OCH3 is 1. The van der Waals surface area contributed by atoms with E-state index in [1.54, 1.807) is 7.11 Å². The first-order valence-corrected chi connectivity index (χ1v) is 9.63. The van der Waals surface area contributed by atoms with Crippen LogP contribution in [0, 0.1) is 0 Å². The molecule has 2 unspecified atom stereocenters. The van der Waals surface area contributed by atoms with Crippen LogP contribution in [0.2, 0.25) is 0 Å². The zero-order chi connectivity index (χ0) is 14.7. The number of alkyl halides is 1.